The van der Waals surface area contributed by atoms with Crippen molar-refractivity contribution in [2.45, 2.75) is 0 Å². The van der Waals surface area contributed by atoms with Crippen molar-refractivity contribution in [3.63, 3.8) is 0 Å². The van der Waals surface area contributed by atoms with Crippen LogP contribution in [-0.4, -0.2) is 16.2 Å². The molecule has 0 radical (unpaired) electrons. The van der Waals surface area contributed by atoms with Crippen molar-refractivity contribution in [3.05, 3.63) is 57.7 Å². The first-order valence-electron chi connectivity index (χ1n) is 5.67. The number of esters is 1. The number of phenols is 2. The van der Waals surface area contributed by atoms with Gasteiger partial charge in [-0.15, -0.1) is 0 Å². The second-order valence-electron chi connectivity index (χ2n) is 3.99. The van der Waals surface area contributed by atoms with Crippen molar-refractivity contribution in [2.24, 2.45) is 0 Å². The second-order valence-corrected chi connectivity index (χ2v) is 5.15. The van der Waals surface area contributed by atoms with Gasteiger partial charge in [0.1, 0.15) is 5.75 Å². The highest BCUT2D eigenvalue weighted by molar-refractivity contribution is 14.1. The molecule has 20 heavy (non-hydrogen) atoms. The van der Waals surface area contributed by atoms with Gasteiger partial charge in [-0.3, -0.25) is 0 Å². The van der Waals surface area contributed by atoms with Crippen LogP contribution in [0.4, 0.5) is 0 Å². The Kier molecular flexibility index (Phi) is 4.29. The second kappa shape index (κ2) is 5.96. The third-order valence-electron chi connectivity index (χ3n) is 2.61. The summed E-state index contributed by atoms with van der Waals surface area (Å²) < 4.78 is 5.55. The Hall–Kier alpha value is -2.02. The van der Waals surface area contributed by atoms with Crippen LogP contribution >= 0.6 is 22.6 Å². The molecule has 0 atom stereocenters. The highest BCUT2D eigenvalue weighted by atomic mass is 127. The van der Waals surface area contributed by atoms with Gasteiger partial charge in [0, 0.05) is 6.07 Å². The van der Waals surface area contributed by atoms with E-state index in [1.807, 2.05) is 22.6 Å². The third-order valence-corrected chi connectivity index (χ3v) is 3.43. The number of ether oxygens (including phenoxy) is 1. The number of benzene rings is 2. The van der Waals surface area contributed by atoms with Gasteiger partial charge in [-0.1, -0.05) is 24.8 Å². The van der Waals surface area contributed by atoms with Crippen LogP contribution in [0.5, 0.6) is 17.2 Å². The summed E-state index contributed by atoms with van der Waals surface area (Å²) in [6, 6.07) is 9.41. The molecule has 2 N–H and O–H groups in total. The summed E-state index contributed by atoms with van der Waals surface area (Å²) in [4.78, 5) is 11.9. The Morgan fingerprint density at radius 2 is 1.85 bits per heavy atom. The first-order chi connectivity index (χ1) is 9.51. The molecule has 0 aliphatic rings. The molecule has 0 aliphatic carbocycles. The van der Waals surface area contributed by atoms with Crippen molar-refractivity contribution in [1.29, 1.82) is 0 Å². The maximum absolute atomic E-state index is 11.9. The molecule has 0 fully saturated rings. The molecule has 0 aliphatic heterocycles. The normalized spacial score (nSPS) is 10.1. The van der Waals surface area contributed by atoms with E-state index in [0.717, 1.165) is 5.56 Å². The van der Waals surface area contributed by atoms with Crippen molar-refractivity contribution >= 4 is 34.6 Å². The molecule has 2 aromatic carbocycles. The van der Waals surface area contributed by atoms with E-state index in [1.165, 1.54) is 12.1 Å². The maximum atomic E-state index is 11.9. The van der Waals surface area contributed by atoms with Gasteiger partial charge < -0.3 is 14.9 Å². The van der Waals surface area contributed by atoms with E-state index in [4.69, 9.17) is 4.74 Å². The number of halogens is 1. The smallest absolute Gasteiger partial charge is 0.343 e. The van der Waals surface area contributed by atoms with Gasteiger partial charge in [0.05, 0.1) is 9.13 Å². The van der Waals surface area contributed by atoms with Crippen LogP contribution in [0.15, 0.2) is 43.0 Å². The van der Waals surface area contributed by atoms with Gasteiger partial charge in [-0.25, -0.2) is 4.79 Å². The van der Waals surface area contributed by atoms with Crippen molar-refractivity contribution < 1.29 is 19.7 Å². The van der Waals surface area contributed by atoms with Gasteiger partial charge in [0.25, 0.3) is 0 Å². The quantitative estimate of drug-likeness (QED) is 0.369. The van der Waals surface area contributed by atoms with E-state index in [-0.39, 0.29) is 17.2 Å². The molecule has 2 aromatic rings. The third kappa shape index (κ3) is 3.11. The monoisotopic (exact) mass is 382 g/mol. The molecule has 0 bridgehead atoms. The molecule has 0 heterocycles. The summed E-state index contributed by atoms with van der Waals surface area (Å²) in [6.07, 6.45) is 1.68. The molecule has 0 aromatic heterocycles. The number of carbonyl (C=O) groups is 1. The lowest BCUT2D eigenvalue weighted by molar-refractivity contribution is 0.0734. The van der Waals surface area contributed by atoms with Gasteiger partial charge in [0.15, 0.2) is 11.5 Å². The lowest BCUT2D eigenvalue weighted by Crippen LogP contribution is -2.08. The van der Waals surface area contributed by atoms with Gasteiger partial charge in [-0.05, 0) is 46.4 Å². The van der Waals surface area contributed by atoms with Gasteiger partial charge in [-0.2, -0.15) is 0 Å². The largest absolute Gasteiger partial charge is 0.504 e. The molecular weight excluding hydrogens is 371 g/mol. The first kappa shape index (κ1) is 14.4. The van der Waals surface area contributed by atoms with Crippen LogP contribution in [-0.2, 0) is 0 Å². The standard InChI is InChI=1S/C15H11IO4/c1-2-9-3-5-10(6-4-9)15(19)20-11-7-12(16)14(18)13(17)8-11/h2-8,17-18H,1H2. The zero-order valence-corrected chi connectivity index (χ0v) is 12.5. The van der Waals surface area contributed by atoms with Gasteiger partial charge >= 0.3 is 5.97 Å². The van der Waals surface area contributed by atoms with Crippen molar-refractivity contribution in [3.8, 4) is 17.2 Å². The fourth-order valence-corrected chi connectivity index (χ4v) is 2.12. The Morgan fingerprint density at radius 3 is 2.40 bits per heavy atom. The summed E-state index contributed by atoms with van der Waals surface area (Å²) in [5.74, 6) is -0.938. The van der Waals surface area contributed by atoms with E-state index < -0.39 is 5.97 Å². The van der Waals surface area contributed by atoms with Crippen LogP contribution < -0.4 is 4.74 Å². The minimum Gasteiger partial charge on any atom is -0.504 e. The summed E-state index contributed by atoms with van der Waals surface area (Å²) in [5, 5.41) is 18.9. The molecule has 102 valence electrons. The van der Waals surface area contributed by atoms with E-state index in [1.54, 1.807) is 30.3 Å². The van der Waals surface area contributed by atoms with Crippen LogP contribution in [0.2, 0.25) is 0 Å². The molecule has 0 spiro atoms. The number of rotatable bonds is 3. The predicted molar refractivity (Wildman–Crippen MR) is 84.0 cm³/mol. The van der Waals surface area contributed by atoms with Crippen LogP contribution in [0.25, 0.3) is 6.08 Å². The topological polar surface area (TPSA) is 66.8 Å². The van der Waals surface area contributed by atoms with Crippen LogP contribution in [0.1, 0.15) is 15.9 Å². The SMILES string of the molecule is C=Cc1ccc(C(=O)Oc2cc(O)c(O)c(I)c2)cc1. The first-order valence-corrected chi connectivity index (χ1v) is 6.75. The van der Waals surface area contributed by atoms with E-state index in [2.05, 4.69) is 6.58 Å². The summed E-state index contributed by atoms with van der Waals surface area (Å²) in [5.41, 5.74) is 1.29. The van der Waals surface area contributed by atoms with Crippen molar-refractivity contribution in [1.82, 2.24) is 0 Å². The van der Waals surface area contributed by atoms with Crippen LogP contribution in [0.3, 0.4) is 0 Å². The molecular formula is C15H11IO4. The van der Waals surface area contributed by atoms with E-state index >= 15 is 0 Å². The zero-order valence-electron chi connectivity index (χ0n) is 10.3. The average Bonchev–Trinajstić information content (AvgIpc) is 2.44. The molecule has 0 unspecified atom stereocenters. The minimum absolute atomic E-state index is 0.169. The number of aromatic hydroxyl groups is 2. The van der Waals surface area contributed by atoms with Gasteiger partial charge in [0.2, 0.25) is 0 Å². The summed E-state index contributed by atoms with van der Waals surface area (Å²) in [6.45, 7) is 3.63. The summed E-state index contributed by atoms with van der Waals surface area (Å²) >= 11 is 1.83. The number of hydrogen-bond acceptors (Lipinski definition) is 4. The van der Waals surface area contributed by atoms with Crippen molar-refractivity contribution in [2.75, 3.05) is 0 Å². The lowest BCUT2D eigenvalue weighted by Gasteiger charge is -2.07. The number of hydrogen-bond donors (Lipinski definition) is 2. The van der Waals surface area contributed by atoms with E-state index in [9.17, 15) is 15.0 Å². The Balaban J connectivity index is 2.20. The highest BCUT2D eigenvalue weighted by Crippen LogP contribution is 2.34. The number of phenolic OH excluding ortho intramolecular Hbond substituents is 2. The highest BCUT2D eigenvalue weighted by Gasteiger charge is 2.12. The Labute approximate surface area is 129 Å². The maximum Gasteiger partial charge on any atom is 0.343 e. The average molecular weight is 382 g/mol. The molecule has 2 rings (SSSR count). The summed E-state index contributed by atoms with van der Waals surface area (Å²) in [7, 11) is 0. The Bertz CT molecular complexity index is 639. The fraction of sp³-hybridized carbons (Fsp3) is 0. The van der Waals surface area contributed by atoms with Crippen LogP contribution in [0, 0.1) is 3.57 Å². The molecule has 0 saturated carbocycles. The lowest BCUT2D eigenvalue weighted by atomic mass is 10.1. The zero-order chi connectivity index (χ0) is 14.7. The molecule has 0 amide bonds. The number of carbonyl (C=O) groups excluding carboxylic acids is 1. The molecule has 4 nitrogen and oxygen atoms in total. The fourth-order valence-electron chi connectivity index (χ4n) is 1.54. The molecule has 0 saturated heterocycles. The van der Waals surface area contributed by atoms with E-state index in [0.29, 0.717) is 9.13 Å². The predicted octanol–water partition coefficient (Wildman–Crippen LogP) is 3.56. The minimum atomic E-state index is -0.540. The Morgan fingerprint density at radius 1 is 1.20 bits per heavy atom. The molecule has 5 heteroatoms.